The molecule has 7 nitrogen and oxygen atoms in total. The lowest BCUT2D eigenvalue weighted by molar-refractivity contribution is 0.209. The van der Waals surface area contributed by atoms with E-state index in [-0.39, 0.29) is 16.6 Å². The van der Waals surface area contributed by atoms with Crippen molar-refractivity contribution in [1.29, 1.82) is 0 Å². The maximum Gasteiger partial charge on any atom is 0.409 e. The summed E-state index contributed by atoms with van der Waals surface area (Å²) in [5.74, 6) is 0.387. The second-order valence-electron chi connectivity index (χ2n) is 7.78. The summed E-state index contributed by atoms with van der Waals surface area (Å²) in [5, 5.41) is 12.3. The number of anilines is 1. The molecule has 0 saturated heterocycles. The van der Waals surface area contributed by atoms with E-state index in [1.807, 2.05) is 39.0 Å². The Labute approximate surface area is 173 Å². The van der Waals surface area contributed by atoms with E-state index in [2.05, 4.69) is 31.2 Å². The molecular weight excluding hydrogens is 438 g/mol. The van der Waals surface area contributed by atoms with Crippen molar-refractivity contribution >= 4 is 49.8 Å². The van der Waals surface area contributed by atoms with Crippen LogP contribution in [0.2, 0.25) is 0 Å². The normalized spacial score (nSPS) is 11.9. The third-order valence-corrected chi connectivity index (χ3v) is 5.12. The Bertz CT molecular complexity index is 1330. The van der Waals surface area contributed by atoms with Crippen molar-refractivity contribution in [3.05, 3.63) is 56.8 Å². The van der Waals surface area contributed by atoms with Gasteiger partial charge in [-0.1, -0.05) is 36.7 Å². The van der Waals surface area contributed by atoms with Crippen LogP contribution in [-0.2, 0) is 5.41 Å². The third kappa shape index (κ3) is 3.51. The van der Waals surface area contributed by atoms with Gasteiger partial charge in [-0.05, 0) is 47.4 Å². The minimum absolute atomic E-state index is 0.169. The second-order valence-corrected chi connectivity index (χ2v) is 8.69. The molecular formula is C21H18BrN3O4. The first-order valence-corrected chi connectivity index (χ1v) is 9.70. The molecule has 2 aromatic carbocycles. The summed E-state index contributed by atoms with van der Waals surface area (Å²) in [6, 6.07) is 10.7. The molecule has 29 heavy (non-hydrogen) atoms. The number of nitrogens with one attached hydrogen (secondary N) is 2. The summed E-state index contributed by atoms with van der Waals surface area (Å²) < 4.78 is 6.52. The number of benzene rings is 2. The van der Waals surface area contributed by atoms with Crippen LogP contribution in [0.1, 0.15) is 26.3 Å². The maximum absolute atomic E-state index is 12.6. The van der Waals surface area contributed by atoms with Gasteiger partial charge in [-0.2, -0.15) is 0 Å². The number of halogens is 1. The number of aromatic nitrogens is 2. The van der Waals surface area contributed by atoms with E-state index < -0.39 is 6.09 Å². The largest absolute Gasteiger partial charge is 0.465 e. The Hall–Kier alpha value is -3.13. The molecule has 4 rings (SSSR count). The molecule has 0 unspecified atom stereocenters. The fourth-order valence-electron chi connectivity index (χ4n) is 3.30. The van der Waals surface area contributed by atoms with Crippen molar-refractivity contribution in [3.8, 4) is 11.4 Å². The molecule has 148 valence electrons. The number of aromatic amines is 1. The standard InChI is InChI=1S/C21H18BrN3O4/c1-21(2,3)13-8-10(4-6-14(13)23-20(27)28)18-24-16-12-9-11(22)5-7-15(12)29-17(16)19(26)25-18/h4-9,23H,1-3H3,(H,27,28)(H,24,25,26). The fraction of sp³-hybridized carbons (Fsp3) is 0.190. The minimum atomic E-state index is -1.13. The Balaban J connectivity index is 1.94. The Kier molecular flexibility index (Phi) is 4.46. The van der Waals surface area contributed by atoms with Gasteiger partial charge in [-0.25, -0.2) is 9.78 Å². The summed E-state index contributed by atoms with van der Waals surface area (Å²) in [6.07, 6.45) is -1.13. The van der Waals surface area contributed by atoms with Crippen molar-refractivity contribution in [1.82, 2.24) is 9.97 Å². The zero-order chi connectivity index (χ0) is 20.9. The van der Waals surface area contributed by atoms with Crippen LogP contribution in [0.5, 0.6) is 0 Å². The van der Waals surface area contributed by atoms with Crippen LogP contribution in [0, 0.1) is 0 Å². The number of nitrogens with zero attached hydrogens (tertiary/aromatic N) is 1. The molecule has 1 amide bonds. The average molecular weight is 456 g/mol. The first-order valence-electron chi connectivity index (χ1n) is 8.90. The van der Waals surface area contributed by atoms with E-state index in [4.69, 9.17) is 9.52 Å². The third-order valence-electron chi connectivity index (χ3n) is 4.63. The number of amides is 1. The lowest BCUT2D eigenvalue weighted by atomic mass is 9.84. The van der Waals surface area contributed by atoms with Gasteiger partial charge in [0.25, 0.3) is 5.56 Å². The highest BCUT2D eigenvalue weighted by molar-refractivity contribution is 9.10. The molecule has 2 aromatic heterocycles. The number of hydrogen-bond donors (Lipinski definition) is 3. The van der Waals surface area contributed by atoms with Crippen LogP contribution in [-0.4, -0.2) is 21.2 Å². The van der Waals surface area contributed by atoms with Gasteiger partial charge < -0.3 is 14.5 Å². The zero-order valence-electron chi connectivity index (χ0n) is 16.0. The molecule has 0 aliphatic rings. The van der Waals surface area contributed by atoms with Gasteiger partial charge in [0, 0.05) is 21.1 Å². The Morgan fingerprint density at radius 2 is 1.97 bits per heavy atom. The smallest absolute Gasteiger partial charge is 0.409 e. The molecule has 0 bridgehead atoms. The van der Waals surface area contributed by atoms with Crippen LogP contribution < -0.4 is 10.9 Å². The molecule has 8 heteroatoms. The van der Waals surface area contributed by atoms with E-state index in [0.717, 1.165) is 15.4 Å². The number of furan rings is 1. The summed E-state index contributed by atoms with van der Waals surface area (Å²) in [4.78, 5) is 31.2. The summed E-state index contributed by atoms with van der Waals surface area (Å²) in [5.41, 5.74) is 2.49. The van der Waals surface area contributed by atoms with Gasteiger partial charge in [0.1, 0.15) is 16.9 Å². The number of fused-ring (bicyclic) bond motifs is 3. The lowest BCUT2D eigenvalue weighted by Crippen LogP contribution is -2.18. The molecule has 0 saturated carbocycles. The maximum atomic E-state index is 12.6. The molecule has 0 atom stereocenters. The van der Waals surface area contributed by atoms with E-state index in [0.29, 0.717) is 28.2 Å². The van der Waals surface area contributed by atoms with E-state index in [1.165, 1.54) is 0 Å². The quantitative estimate of drug-likeness (QED) is 0.370. The van der Waals surface area contributed by atoms with E-state index in [9.17, 15) is 9.59 Å². The number of rotatable bonds is 2. The number of hydrogen-bond acceptors (Lipinski definition) is 4. The van der Waals surface area contributed by atoms with Crippen LogP contribution in [0.15, 0.2) is 50.1 Å². The summed E-state index contributed by atoms with van der Waals surface area (Å²) >= 11 is 3.43. The predicted molar refractivity (Wildman–Crippen MR) is 116 cm³/mol. The monoisotopic (exact) mass is 455 g/mol. The van der Waals surface area contributed by atoms with Gasteiger partial charge in [-0.3, -0.25) is 10.1 Å². The number of H-pyrrole nitrogens is 1. The molecule has 4 aromatic rings. The Morgan fingerprint density at radius 1 is 1.21 bits per heavy atom. The minimum Gasteiger partial charge on any atom is -0.465 e. The molecule has 0 spiro atoms. The van der Waals surface area contributed by atoms with Crippen LogP contribution in [0.3, 0.4) is 0 Å². The number of carbonyl (C=O) groups is 1. The molecule has 0 aliphatic carbocycles. The molecule has 0 aliphatic heterocycles. The van der Waals surface area contributed by atoms with Crippen molar-refractivity contribution < 1.29 is 14.3 Å². The fourth-order valence-corrected chi connectivity index (χ4v) is 3.66. The average Bonchev–Trinajstić information content (AvgIpc) is 2.99. The molecule has 2 heterocycles. The van der Waals surface area contributed by atoms with Gasteiger partial charge in [0.05, 0.1) is 0 Å². The Morgan fingerprint density at radius 3 is 2.66 bits per heavy atom. The first-order chi connectivity index (χ1) is 13.6. The van der Waals surface area contributed by atoms with Gasteiger partial charge in [-0.15, -0.1) is 0 Å². The summed E-state index contributed by atoms with van der Waals surface area (Å²) in [7, 11) is 0. The van der Waals surface area contributed by atoms with Gasteiger partial charge in [0.2, 0.25) is 5.58 Å². The highest BCUT2D eigenvalue weighted by Gasteiger charge is 2.21. The second kappa shape index (κ2) is 6.73. The van der Waals surface area contributed by atoms with Crippen molar-refractivity contribution in [2.45, 2.75) is 26.2 Å². The van der Waals surface area contributed by atoms with E-state index in [1.54, 1.807) is 18.2 Å². The summed E-state index contributed by atoms with van der Waals surface area (Å²) in [6.45, 7) is 5.96. The van der Waals surface area contributed by atoms with E-state index >= 15 is 0 Å². The molecule has 3 N–H and O–H groups in total. The van der Waals surface area contributed by atoms with Crippen LogP contribution in [0.4, 0.5) is 10.5 Å². The lowest BCUT2D eigenvalue weighted by Gasteiger charge is -2.23. The van der Waals surface area contributed by atoms with Crippen LogP contribution in [0.25, 0.3) is 33.5 Å². The SMILES string of the molecule is CC(C)(C)c1cc(-c2nc3c(oc4ccc(Br)cc43)c(=O)[nH]2)ccc1NC(=O)O. The molecule has 0 fully saturated rings. The van der Waals surface area contributed by atoms with Crippen molar-refractivity contribution in [2.24, 2.45) is 0 Å². The van der Waals surface area contributed by atoms with Crippen molar-refractivity contribution in [2.75, 3.05) is 5.32 Å². The van der Waals surface area contributed by atoms with Gasteiger partial charge in [0.15, 0.2) is 0 Å². The van der Waals surface area contributed by atoms with Crippen LogP contribution >= 0.6 is 15.9 Å². The van der Waals surface area contributed by atoms with Crippen molar-refractivity contribution in [3.63, 3.8) is 0 Å². The number of carboxylic acid groups (broad SMARTS) is 1. The predicted octanol–water partition coefficient (Wildman–Crippen LogP) is 5.49. The highest BCUT2D eigenvalue weighted by atomic mass is 79.9. The molecule has 0 radical (unpaired) electrons. The first kappa shape index (κ1) is 19.2. The highest BCUT2D eigenvalue weighted by Crippen LogP contribution is 2.34. The zero-order valence-corrected chi connectivity index (χ0v) is 17.5. The topological polar surface area (TPSA) is 108 Å². The van der Waals surface area contributed by atoms with Gasteiger partial charge >= 0.3 is 6.09 Å².